The zero-order chi connectivity index (χ0) is 20.8. The number of pyridine rings is 1. The quantitative estimate of drug-likeness (QED) is 0.647. The number of ketones is 1. The molecule has 1 N–H and O–H groups in total. The van der Waals surface area contributed by atoms with E-state index < -0.39 is 5.82 Å². The van der Waals surface area contributed by atoms with Crippen molar-refractivity contribution < 1.29 is 18.7 Å². The zero-order valence-corrected chi connectivity index (χ0v) is 17.2. The maximum Gasteiger partial charge on any atom is 0.258 e. The van der Waals surface area contributed by atoms with Gasteiger partial charge in [-0.05, 0) is 55.4 Å². The number of hydrogen-bond acceptors (Lipinski definition) is 4. The summed E-state index contributed by atoms with van der Waals surface area (Å²) in [6, 6.07) is 5.74. The predicted molar refractivity (Wildman–Crippen MR) is 107 cm³/mol. The summed E-state index contributed by atoms with van der Waals surface area (Å²) in [5.41, 5.74) is 0.944. The highest BCUT2D eigenvalue weighted by molar-refractivity contribution is 6.31. The van der Waals surface area contributed by atoms with Gasteiger partial charge < -0.3 is 10.1 Å². The number of rotatable bonds is 7. The van der Waals surface area contributed by atoms with Gasteiger partial charge in [-0.2, -0.15) is 0 Å². The van der Waals surface area contributed by atoms with E-state index in [2.05, 4.69) is 10.3 Å². The van der Waals surface area contributed by atoms with Gasteiger partial charge in [-0.25, -0.2) is 4.39 Å². The summed E-state index contributed by atoms with van der Waals surface area (Å²) in [4.78, 5) is 28.8. The molecule has 152 valence electrons. The molecule has 0 saturated heterocycles. The van der Waals surface area contributed by atoms with Gasteiger partial charge in [-0.1, -0.05) is 23.2 Å². The van der Waals surface area contributed by atoms with Crippen LogP contribution in [0.25, 0.3) is 0 Å². The molecule has 1 heterocycles. The molecule has 0 radical (unpaired) electrons. The van der Waals surface area contributed by atoms with Crippen molar-refractivity contribution >= 4 is 34.9 Å². The number of halogens is 3. The molecule has 3 fully saturated rings. The molecule has 2 aromatic rings. The summed E-state index contributed by atoms with van der Waals surface area (Å²) >= 11 is 11.6. The number of aryl methyl sites for hydroxylation is 1. The molecule has 5 rings (SSSR count). The van der Waals surface area contributed by atoms with Crippen LogP contribution in [0.2, 0.25) is 10.0 Å². The van der Waals surface area contributed by atoms with Crippen LogP contribution in [0.1, 0.15) is 41.7 Å². The first kappa shape index (κ1) is 20.1. The molecule has 0 spiro atoms. The lowest BCUT2D eigenvalue weighted by atomic mass is 9.38. The van der Waals surface area contributed by atoms with E-state index in [1.54, 1.807) is 6.07 Å². The summed E-state index contributed by atoms with van der Waals surface area (Å²) in [6.45, 7) is 1.63. The van der Waals surface area contributed by atoms with Crippen LogP contribution in [-0.2, 0) is 4.79 Å². The van der Waals surface area contributed by atoms with E-state index in [1.807, 2.05) is 6.92 Å². The fourth-order valence-corrected chi connectivity index (χ4v) is 4.71. The van der Waals surface area contributed by atoms with Crippen LogP contribution >= 0.6 is 23.2 Å². The highest BCUT2D eigenvalue weighted by atomic mass is 35.5. The van der Waals surface area contributed by atoms with Gasteiger partial charge in [-0.3, -0.25) is 14.6 Å². The number of aromatic nitrogens is 1. The lowest BCUT2D eigenvalue weighted by Crippen LogP contribution is -2.75. The Morgan fingerprint density at radius 1 is 1.21 bits per heavy atom. The smallest absolute Gasteiger partial charge is 0.258 e. The summed E-state index contributed by atoms with van der Waals surface area (Å²) in [7, 11) is 0. The van der Waals surface area contributed by atoms with Crippen molar-refractivity contribution in [3.8, 4) is 5.75 Å². The van der Waals surface area contributed by atoms with Crippen molar-refractivity contribution in [3.63, 3.8) is 0 Å². The third kappa shape index (κ3) is 3.96. The van der Waals surface area contributed by atoms with E-state index in [4.69, 9.17) is 27.9 Å². The van der Waals surface area contributed by atoms with Crippen molar-refractivity contribution in [2.75, 3.05) is 6.61 Å². The summed E-state index contributed by atoms with van der Waals surface area (Å²) in [5, 5.41) is 3.52. The SMILES string of the molecule is Cc1cc(C(=O)CC23CC(NC(=O)COc4ccc(Cl)c(F)c4)(C2)C3)ncc1Cl. The van der Waals surface area contributed by atoms with Crippen molar-refractivity contribution in [1.82, 2.24) is 10.3 Å². The summed E-state index contributed by atoms with van der Waals surface area (Å²) < 4.78 is 18.7. The second-order valence-electron chi connectivity index (χ2n) is 8.14. The second-order valence-corrected chi connectivity index (χ2v) is 8.96. The van der Waals surface area contributed by atoms with Crippen LogP contribution in [0, 0.1) is 18.2 Å². The van der Waals surface area contributed by atoms with Gasteiger partial charge in [0, 0.05) is 24.2 Å². The molecule has 0 aliphatic heterocycles. The van der Waals surface area contributed by atoms with Gasteiger partial charge in [0.15, 0.2) is 12.4 Å². The number of nitrogens with zero attached hydrogens (tertiary/aromatic N) is 1. The first-order valence-electron chi connectivity index (χ1n) is 9.24. The Bertz CT molecular complexity index is 992. The van der Waals surface area contributed by atoms with E-state index in [0.717, 1.165) is 30.9 Å². The van der Waals surface area contributed by atoms with Gasteiger partial charge in [0.1, 0.15) is 17.3 Å². The molecule has 5 nitrogen and oxygen atoms in total. The highest BCUT2D eigenvalue weighted by Gasteiger charge is 2.68. The van der Waals surface area contributed by atoms with Crippen molar-refractivity contribution in [2.45, 2.75) is 38.1 Å². The number of ether oxygens (including phenoxy) is 1. The Labute approximate surface area is 177 Å². The number of carbonyl (C=O) groups is 2. The molecule has 3 aliphatic rings. The highest BCUT2D eigenvalue weighted by Crippen LogP contribution is 2.69. The first-order chi connectivity index (χ1) is 13.7. The minimum Gasteiger partial charge on any atom is -0.484 e. The standard InChI is InChI=1S/C21H19Cl2FN2O3/c1-12-4-17(25-7-15(12)23)18(27)6-20-9-21(10-20,11-20)26-19(28)8-29-13-2-3-14(22)16(24)5-13/h2-5,7H,6,8-11H2,1H3,(H,26,28). The maximum atomic E-state index is 13.4. The Balaban J connectivity index is 1.25. The van der Waals surface area contributed by atoms with Gasteiger partial charge in [0.05, 0.1) is 10.0 Å². The molecule has 29 heavy (non-hydrogen) atoms. The fourth-order valence-electron chi connectivity index (χ4n) is 4.49. The summed E-state index contributed by atoms with van der Waals surface area (Å²) in [6.07, 6.45) is 4.21. The molecule has 3 saturated carbocycles. The Kier molecular flexibility index (Phi) is 5.03. The monoisotopic (exact) mass is 436 g/mol. The molecular formula is C21H19Cl2FN2O3. The fraction of sp³-hybridized carbons (Fsp3) is 0.381. The number of carbonyl (C=O) groups excluding carboxylic acids is 2. The van der Waals surface area contributed by atoms with E-state index in [9.17, 15) is 14.0 Å². The van der Waals surface area contributed by atoms with Crippen molar-refractivity contribution in [2.24, 2.45) is 5.41 Å². The number of benzene rings is 1. The molecule has 0 atom stereocenters. The number of amides is 1. The van der Waals surface area contributed by atoms with E-state index in [-0.39, 0.29) is 40.0 Å². The Hall–Kier alpha value is -2.18. The van der Waals surface area contributed by atoms with Crippen LogP contribution in [0.3, 0.4) is 0 Å². The van der Waals surface area contributed by atoms with Gasteiger partial charge in [-0.15, -0.1) is 0 Å². The normalized spacial score (nSPS) is 24.3. The number of nitrogens with one attached hydrogen (secondary N) is 1. The van der Waals surface area contributed by atoms with Crippen molar-refractivity contribution in [3.05, 3.63) is 57.6 Å². The lowest BCUT2D eigenvalue weighted by molar-refractivity contribution is -0.164. The third-order valence-electron chi connectivity index (χ3n) is 5.67. The third-order valence-corrected chi connectivity index (χ3v) is 6.38. The molecule has 0 unspecified atom stereocenters. The van der Waals surface area contributed by atoms with Crippen LogP contribution in [0.4, 0.5) is 4.39 Å². The number of Topliss-reactive ketones (excluding diaryl/α,β-unsaturated/α-hetero) is 1. The molecule has 1 amide bonds. The van der Waals surface area contributed by atoms with Crippen LogP contribution in [-0.4, -0.2) is 28.8 Å². The van der Waals surface area contributed by atoms with Crippen molar-refractivity contribution in [1.29, 1.82) is 0 Å². The molecular weight excluding hydrogens is 418 g/mol. The Morgan fingerprint density at radius 2 is 1.93 bits per heavy atom. The average molecular weight is 437 g/mol. The van der Waals surface area contributed by atoms with Crippen LogP contribution < -0.4 is 10.1 Å². The van der Waals surface area contributed by atoms with Gasteiger partial charge in [0.25, 0.3) is 5.91 Å². The summed E-state index contributed by atoms with van der Waals surface area (Å²) in [5.74, 6) is -0.624. The molecule has 2 bridgehead atoms. The van der Waals surface area contributed by atoms with Gasteiger partial charge >= 0.3 is 0 Å². The minimum absolute atomic E-state index is 0.000487. The Morgan fingerprint density at radius 3 is 2.59 bits per heavy atom. The van der Waals surface area contributed by atoms with Crippen LogP contribution in [0.5, 0.6) is 5.75 Å². The zero-order valence-electron chi connectivity index (χ0n) is 15.7. The molecule has 1 aromatic carbocycles. The maximum absolute atomic E-state index is 13.4. The second kappa shape index (κ2) is 7.26. The van der Waals surface area contributed by atoms with E-state index in [0.29, 0.717) is 17.1 Å². The van der Waals surface area contributed by atoms with Crippen LogP contribution in [0.15, 0.2) is 30.5 Å². The predicted octanol–water partition coefficient (Wildman–Crippen LogP) is 4.53. The molecule has 3 aliphatic carbocycles. The van der Waals surface area contributed by atoms with E-state index in [1.165, 1.54) is 18.3 Å². The van der Waals surface area contributed by atoms with E-state index >= 15 is 0 Å². The topological polar surface area (TPSA) is 68.3 Å². The molecule has 8 heteroatoms. The lowest BCUT2D eigenvalue weighted by Gasteiger charge is -2.70. The van der Waals surface area contributed by atoms with Gasteiger partial charge in [0.2, 0.25) is 0 Å². The average Bonchev–Trinajstić information content (AvgIpc) is 2.62. The minimum atomic E-state index is -0.596. The largest absolute Gasteiger partial charge is 0.484 e. The first-order valence-corrected chi connectivity index (χ1v) is 9.99. The molecule has 1 aromatic heterocycles. The number of hydrogen-bond donors (Lipinski definition) is 1.